The predicted molar refractivity (Wildman–Crippen MR) is 471 cm³/mol. The number of rotatable bonds is 24. The molecule has 12 aromatic rings. The third kappa shape index (κ3) is 21.3. The zero-order chi connectivity index (χ0) is 89.4. The molecule has 648 valence electrons. The van der Waals surface area contributed by atoms with Crippen LogP contribution in [0.5, 0.6) is 0 Å². The molecule has 8 amide bonds. The second-order valence-corrected chi connectivity index (χ2v) is 31.1. The number of carbonyl (C=O) groups excluding carboxylic acids is 8. The Morgan fingerprint density at radius 3 is 1.04 bits per heavy atom. The van der Waals surface area contributed by atoms with E-state index in [9.17, 15) is 47.1 Å². The van der Waals surface area contributed by atoms with Crippen molar-refractivity contribution in [1.29, 1.82) is 0 Å². The standard InChI is InChI=1S/C24H26FN5O3.2C24H26N4O3.C22H24FN5O2/c1-14-4-2-3-5-17(14)24(32)28-12-15-6-8-16(9-7-15)21-20(23(27)31)22(26)30(29-21)19-10-11-33-13-18(19)25;2*1-15-5-3-4-6-20(15)24(30)26-13-17-7-9-18(10-8-17)22-21(23(25)29)16(2)28(27-22)19-11-12-31-14-19;1-12(2)28-20(24)18(21(25)29)19(27-28)15-7-5-14(6-8-15)11-26-22(30)17-10-16(23)9-4-13(17)3/h2-9,18-19H,10-13,26H2,1H3,(H2,27,31)(H,28,32);2*3-10,19H,11-14H2,1-2H3,(H2,25,29)(H,26,30);4-10,12H,11,24H2,1-3H3,(H2,25,29)(H,26,30)/t18-,19-;2*19-;/m110./s1. The van der Waals surface area contributed by atoms with Gasteiger partial charge in [0.05, 0.1) is 49.1 Å². The van der Waals surface area contributed by atoms with Gasteiger partial charge in [-0.25, -0.2) is 18.1 Å². The number of ether oxygens (including phenoxy) is 3. The number of carbonyl (C=O) groups is 8. The van der Waals surface area contributed by atoms with Crippen LogP contribution in [0.4, 0.5) is 20.4 Å². The number of primary amides is 4. The number of hydrogen-bond donors (Lipinski definition) is 10. The molecular weight excluding hydrogens is 1600 g/mol. The Hall–Kier alpha value is -14.3. The first kappa shape index (κ1) is 89.9. The second-order valence-electron chi connectivity index (χ2n) is 31.1. The Morgan fingerprint density at radius 1 is 0.392 bits per heavy atom. The number of nitrogens with one attached hydrogen (secondary N) is 4. The number of aromatic nitrogens is 8. The summed E-state index contributed by atoms with van der Waals surface area (Å²) in [4.78, 5) is 97.9. The van der Waals surface area contributed by atoms with E-state index in [1.807, 2.05) is 197 Å². The van der Waals surface area contributed by atoms with Gasteiger partial charge in [-0.2, -0.15) is 20.4 Å². The van der Waals surface area contributed by atoms with E-state index in [2.05, 4.69) is 31.5 Å². The molecule has 0 radical (unpaired) electrons. The van der Waals surface area contributed by atoms with Gasteiger partial charge in [0.25, 0.3) is 47.3 Å². The molecule has 29 nitrogen and oxygen atoms in total. The van der Waals surface area contributed by atoms with Crippen LogP contribution < -0.4 is 55.7 Å². The highest BCUT2D eigenvalue weighted by Gasteiger charge is 2.34. The third-order valence-corrected chi connectivity index (χ3v) is 22.1. The SMILES string of the molecule is Cc1ccc(F)cc1C(=O)NCc1ccc(-c2nn(C(C)C)c(N)c2C(N)=O)cc1.Cc1ccccc1C(=O)NCc1ccc(-c2nn([C@@H]3CCOC3)c(C)c2C(N)=O)cc1.Cc1ccccc1C(=O)NCc1ccc(-c2nn([C@@H]3CCOC[C@H]3F)c(N)c2C(N)=O)cc1.Cc1ccccc1C(=O)NCc1ccc(-c2nn([C@H]3CCOC3)c(C)c2C(N)=O)cc1. The van der Waals surface area contributed by atoms with Crippen molar-refractivity contribution in [2.75, 3.05) is 51.1 Å². The van der Waals surface area contributed by atoms with Crippen molar-refractivity contribution < 1.29 is 61.3 Å². The van der Waals surface area contributed by atoms with Crippen molar-refractivity contribution in [3.05, 3.63) is 294 Å². The smallest absolute Gasteiger partial charge is 0.254 e. The lowest BCUT2D eigenvalue weighted by Gasteiger charge is -2.27. The molecule has 8 aromatic carbocycles. The summed E-state index contributed by atoms with van der Waals surface area (Å²) in [5.41, 5.74) is 51.4. The molecule has 4 atom stereocenters. The van der Waals surface area contributed by atoms with E-state index in [-0.39, 0.29) is 77.7 Å². The van der Waals surface area contributed by atoms with E-state index in [4.69, 9.17) is 58.8 Å². The Balaban J connectivity index is 0.000000152. The molecule has 3 fully saturated rings. The normalized spacial score (nSPS) is 15.2. The highest BCUT2D eigenvalue weighted by Crippen LogP contribution is 2.37. The van der Waals surface area contributed by atoms with Gasteiger partial charge in [0.1, 0.15) is 57.5 Å². The Labute approximate surface area is 721 Å². The average Bonchev–Trinajstić information content (AvgIpc) is 1.64. The fourth-order valence-electron chi connectivity index (χ4n) is 15.1. The molecule has 125 heavy (non-hydrogen) atoms. The van der Waals surface area contributed by atoms with Crippen molar-refractivity contribution in [2.45, 2.75) is 131 Å². The minimum Gasteiger partial charge on any atom is -0.383 e. The summed E-state index contributed by atoms with van der Waals surface area (Å²) in [7, 11) is 0. The zero-order valence-electron chi connectivity index (χ0n) is 70.8. The first-order chi connectivity index (χ1) is 60.0. The molecule has 3 saturated heterocycles. The van der Waals surface area contributed by atoms with Gasteiger partial charge >= 0.3 is 0 Å². The lowest BCUT2D eigenvalue weighted by Crippen LogP contribution is -2.32. The summed E-state index contributed by atoms with van der Waals surface area (Å²) in [6.45, 7) is 19.3. The molecule has 3 aliphatic rings. The molecule has 0 unspecified atom stereocenters. The van der Waals surface area contributed by atoms with Crippen LogP contribution in [0.15, 0.2) is 188 Å². The number of benzene rings is 8. The molecule has 15 rings (SSSR count). The van der Waals surface area contributed by atoms with Crippen LogP contribution in [0.25, 0.3) is 45.0 Å². The number of alkyl halides is 1. The number of amides is 8. The highest BCUT2D eigenvalue weighted by molar-refractivity contribution is 6.05. The van der Waals surface area contributed by atoms with E-state index >= 15 is 0 Å². The van der Waals surface area contributed by atoms with Crippen LogP contribution in [-0.2, 0) is 40.4 Å². The van der Waals surface area contributed by atoms with Crippen molar-refractivity contribution in [1.82, 2.24) is 60.4 Å². The van der Waals surface area contributed by atoms with Crippen LogP contribution in [0.1, 0.15) is 196 Å². The summed E-state index contributed by atoms with van der Waals surface area (Å²) in [5, 5.41) is 29.9. The van der Waals surface area contributed by atoms with Gasteiger partial charge in [-0.15, -0.1) is 0 Å². The van der Waals surface area contributed by atoms with Crippen LogP contribution in [0.3, 0.4) is 0 Å². The molecule has 0 bridgehead atoms. The number of hydrogen-bond acceptors (Lipinski definition) is 17. The van der Waals surface area contributed by atoms with Gasteiger partial charge in [-0.1, -0.05) is 158 Å². The lowest BCUT2D eigenvalue weighted by atomic mass is 10.0. The highest BCUT2D eigenvalue weighted by atomic mass is 19.1. The van der Waals surface area contributed by atoms with Crippen molar-refractivity contribution in [3.63, 3.8) is 0 Å². The van der Waals surface area contributed by atoms with Gasteiger partial charge in [0.2, 0.25) is 0 Å². The molecule has 4 aromatic heterocycles. The molecule has 7 heterocycles. The number of anilines is 2. The van der Waals surface area contributed by atoms with Crippen LogP contribution in [-0.4, -0.2) is 132 Å². The van der Waals surface area contributed by atoms with Crippen molar-refractivity contribution in [3.8, 4) is 45.0 Å². The molecular formula is C94H102F2N18O11. The third-order valence-electron chi connectivity index (χ3n) is 22.1. The Morgan fingerprint density at radius 2 is 0.704 bits per heavy atom. The number of halogens is 2. The first-order valence-corrected chi connectivity index (χ1v) is 40.9. The quantitative estimate of drug-likeness (QED) is 0.0269. The van der Waals surface area contributed by atoms with Gasteiger partial charge in [-0.05, 0) is 149 Å². The minimum atomic E-state index is -1.28. The van der Waals surface area contributed by atoms with Gasteiger partial charge < -0.3 is 69.9 Å². The largest absolute Gasteiger partial charge is 0.383 e. The molecule has 0 aliphatic carbocycles. The topological polar surface area (TPSA) is 440 Å². The second kappa shape index (κ2) is 40.6. The number of aryl methyl sites for hydroxylation is 4. The maximum atomic E-state index is 14.4. The van der Waals surface area contributed by atoms with Crippen LogP contribution in [0.2, 0.25) is 0 Å². The summed E-state index contributed by atoms with van der Waals surface area (Å²) < 4.78 is 50.6. The molecule has 0 saturated carbocycles. The fraction of sp³-hybridized carbons (Fsp3) is 0.277. The summed E-state index contributed by atoms with van der Waals surface area (Å²) in [6.07, 6.45) is 0.831. The lowest BCUT2D eigenvalue weighted by molar-refractivity contribution is 0.000592. The first-order valence-electron chi connectivity index (χ1n) is 40.9. The van der Waals surface area contributed by atoms with Gasteiger partial charge in [0, 0.05) is 108 Å². The summed E-state index contributed by atoms with van der Waals surface area (Å²) >= 11 is 0. The zero-order valence-corrected chi connectivity index (χ0v) is 70.8. The molecule has 31 heteroatoms. The Kier molecular flexibility index (Phi) is 29.2. The average molecular weight is 1700 g/mol. The van der Waals surface area contributed by atoms with Crippen molar-refractivity contribution >= 4 is 58.9 Å². The maximum Gasteiger partial charge on any atom is 0.254 e. The number of nitrogens with zero attached hydrogens (tertiary/aromatic N) is 8. The number of nitrogen functional groups attached to an aromatic ring is 2. The summed E-state index contributed by atoms with van der Waals surface area (Å²) in [6, 6.07) is 55.7. The van der Waals surface area contributed by atoms with E-state index < -0.39 is 41.7 Å². The molecule has 0 spiro atoms. The van der Waals surface area contributed by atoms with E-state index in [0.29, 0.717) is 132 Å². The van der Waals surface area contributed by atoms with Crippen molar-refractivity contribution in [2.24, 2.45) is 22.9 Å². The summed E-state index contributed by atoms with van der Waals surface area (Å²) in [5.74, 6) is -3.26. The molecule has 16 N–H and O–H groups in total. The number of nitrogens with two attached hydrogens (primary N) is 6. The fourth-order valence-corrected chi connectivity index (χ4v) is 15.1. The molecule has 3 aliphatic heterocycles. The monoisotopic (exact) mass is 1700 g/mol. The van der Waals surface area contributed by atoms with E-state index in [1.165, 1.54) is 16.8 Å². The van der Waals surface area contributed by atoms with E-state index in [0.717, 1.165) is 74.3 Å². The minimum absolute atomic E-state index is 0.0300. The maximum absolute atomic E-state index is 14.4. The van der Waals surface area contributed by atoms with Crippen LogP contribution >= 0.6 is 0 Å². The van der Waals surface area contributed by atoms with Gasteiger partial charge in [-0.3, -0.25) is 47.7 Å². The van der Waals surface area contributed by atoms with Gasteiger partial charge in [0.15, 0.2) is 0 Å². The Bertz CT molecular complexity index is 5770. The van der Waals surface area contributed by atoms with Crippen LogP contribution in [0, 0.1) is 47.4 Å². The van der Waals surface area contributed by atoms with E-state index in [1.54, 1.807) is 48.0 Å². The predicted octanol–water partition coefficient (Wildman–Crippen LogP) is 12.3.